The van der Waals surface area contributed by atoms with Gasteiger partial charge < -0.3 is 5.73 Å². The summed E-state index contributed by atoms with van der Waals surface area (Å²) in [7, 11) is -4.12. The quantitative estimate of drug-likeness (QED) is 0.679. The largest absolute Gasteiger partial charge is 0.351 e. The maximum absolute atomic E-state index is 11.6. The van der Waals surface area contributed by atoms with E-state index in [2.05, 4.69) is 4.72 Å². The van der Waals surface area contributed by atoms with Gasteiger partial charge in [0.05, 0.1) is 5.69 Å². The van der Waals surface area contributed by atoms with Gasteiger partial charge in [-0.15, -0.1) is 0 Å². The Morgan fingerprint density at radius 2 is 1.89 bits per heavy atom. The molecule has 2 amide bonds. The Morgan fingerprint density at radius 1 is 1.28 bits per heavy atom. The molecule has 98 valence electrons. The van der Waals surface area contributed by atoms with Crippen LogP contribution in [-0.2, 0) is 10.2 Å². The fraction of sp³-hybridized carbons (Fsp3) is 0.200. The highest BCUT2D eigenvalue weighted by molar-refractivity contribution is 7.91. The van der Waals surface area contributed by atoms with E-state index >= 15 is 0 Å². The van der Waals surface area contributed by atoms with Crippen LogP contribution in [0.3, 0.4) is 0 Å². The Bertz CT molecular complexity index is 568. The summed E-state index contributed by atoms with van der Waals surface area (Å²) in [6, 6.07) is 4.88. The van der Waals surface area contributed by atoms with Crippen LogP contribution in [0.4, 0.5) is 10.5 Å². The normalized spacial score (nSPS) is 10.7. The molecule has 1 aromatic rings. The molecule has 0 aliphatic rings. The number of anilines is 1. The summed E-state index contributed by atoms with van der Waals surface area (Å²) in [6.45, 7) is 1.66. The zero-order chi connectivity index (χ0) is 13.8. The lowest BCUT2D eigenvalue weighted by Crippen LogP contribution is -2.39. The van der Waals surface area contributed by atoms with Crippen LogP contribution in [0.25, 0.3) is 0 Å². The number of ketones is 1. The van der Waals surface area contributed by atoms with Gasteiger partial charge in [0.2, 0.25) is 0 Å². The van der Waals surface area contributed by atoms with Crippen molar-refractivity contribution in [3.05, 3.63) is 29.8 Å². The van der Waals surface area contributed by atoms with Crippen molar-refractivity contribution in [2.24, 2.45) is 5.73 Å². The first kappa shape index (κ1) is 14.0. The van der Waals surface area contributed by atoms with Crippen molar-refractivity contribution in [1.29, 1.82) is 0 Å². The minimum Gasteiger partial charge on any atom is -0.351 e. The first-order valence-electron chi connectivity index (χ1n) is 5.08. The molecule has 7 nitrogen and oxygen atoms in total. The minimum atomic E-state index is -4.12. The Hall–Kier alpha value is -2.09. The molecule has 18 heavy (non-hydrogen) atoms. The molecule has 0 spiro atoms. The maximum atomic E-state index is 11.6. The highest BCUT2D eigenvalue weighted by Crippen LogP contribution is 2.17. The van der Waals surface area contributed by atoms with Crippen molar-refractivity contribution in [1.82, 2.24) is 4.72 Å². The number of nitrogens with one attached hydrogen (secondary N) is 2. The SMILES string of the molecule is CCC(=O)c1ccccc1NS(=O)(=O)NC(N)=O. The van der Waals surface area contributed by atoms with Crippen LogP contribution in [0.5, 0.6) is 0 Å². The van der Waals surface area contributed by atoms with Crippen LogP contribution in [0.2, 0.25) is 0 Å². The zero-order valence-electron chi connectivity index (χ0n) is 9.64. The van der Waals surface area contributed by atoms with E-state index in [1.54, 1.807) is 23.8 Å². The third-order valence-corrected chi connectivity index (χ3v) is 2.99. The molecule has 1 aromatic carbocycles. The Kier molecular flexibility index (Phi) is 4.27. The van der Waals surface area contributed by atoms with Gasteiger partial charge in [-0.25, -0.2) is 9.52 Å². The van der Waals surface area contributed by atoms with Gasteiger partial charge in [0.15, 0.2) is 5.78 Å². The van der Waals surface area contributed by atoms with E-state index in [1.165, 1.54) is 12.1 Å². The predicted molar refractivity (Wildman–Crippen MR) is 66.3 cm³/mol. The molecule has 1 rings (SSSR count). The van der Waals surface area contributed by atoms with Gasteiger partial charge in [-0.1, -0.05) is 19.1 Å². The standard InChI is InChI=1S/C10H13N3O4S/c1-2-9(14)7-5-3-4-6-8(7)12-18(16,17)13-10(11)15/h3-6,12H,2H2,1H3,(H3,11,13,15). The fourth-order valence-electron chi connectivity index (χ4n) is 1.31. The number of para-hydroxylation sites is 1. The molecule has 0 atom stereocenters. The van der Waals surface area contributed by atoms with E-state index in [0.29, 0.717) is 0 Å². The van der Waals surface area contributed by atoms with Crippen LogP contribution in [0, 0.1) is 0 Å². The lowest BCUT2D eigenvalue weighted by atomic mass is 10.1. The monoisotopic (exact) mass is 271 g/mol. The van der Waals surface area contributed by atoms with Crippen molar-refractivity contribution >= 4 is 27.7 Å². The summed E-state index contributed by atoms with van der Waals surface area (Å²) in [5, 5.41) is 0. The predicted octanol–water partition coefficient (Wildman–Crippen LogP) is 0.604. The molecule has 0 heterocycles. The van der Waals surface area contributed by atoms with Gasteiger partial charge in [-0.3, -0.25) is 9.52 Å². The first-order chi connectivity index (χ1) is 8.35. The fourth-order valence-corrected chi connectivity index (χ4v) is 2.09. The lowest BCUT2D eigenvalue weighted by molar-refractivity contribution is 0.0989. The number of rotatable bonds is 5. The molecule has 0 radical (unpaired) electrons. The zero-order valence-corrected chi connectivity index (χ0v) is 10.5. The van der Waals surface area contributed by atoms with Crippen LogP contribution >= 0.6 is 0 Å². The topological polar surface area (TPSA) is 118 Å². The van der Waals surface area contributed by atoms with Crippen LogP contribution in [0.1, 0.15) is 23.7 Å². The number of carbonyl (C=O) groups is 2. The van der Waals surface area contributed by atoms with Crippen molar-refractivity contribution in [2.45, 2.75) is 13.3 Å². The molecule has 4 N–H and O–H groups in total. The maximum Gasteiger partial charge on any atom is 0.327 e. The van der Waals surface area contributed by atoms with Crippen molar-refractivity contribution < 1.29 is 18.0 Å². The highest BCUT2D eigenvalue weighted by Gasteiger charge is 2.16. The molecule has 0 saturated carbocycles. The number of nitrogens with two attached hydrogens (primary N) is 1. The van der Waals surface area contributed by atoms with Crippen molar-refractivity contribution in [2.75, 3.05) is 4.72 Å². The van der Waals surface area contributed by atoms with Gasteiger partial charge in [0.25, 0.3) is 0 Å². The average Bonchev–Trinajstić information content (AvgIpc) is 2.26. The van der Waals surface area contributed by atoms with Crippen molar-refractivity contribution in [3.63, 3.8) is 0 Å². The second-order valence-corrected chi connectivity index (χ2v) is 4.81. The third kappa shape index (κ3) is 3.74. The van der Waals surface area contributed by atoms with Gasteiger partial charge in [-0.05, 0) is 12.1 Å². The lowest BCUT2D eigenvalue weighted by Gasteiger charge is -2.11. The van der Waals surface area contributed by atoms with Gasteiger partial charge in [0.1, 0.15) is 0 Å². The number of Topliss-reactive ketones (excluding diaryl/α,β-unsaturated/α-hetero) is 1. The molecule has 0 unspecified atom stereocenters. The molecule has 0 bridgehead atoms. The molecular formula is C10H13N3O4S. The summed E-state index contributed by atoms with van der Waals surface area (Å²) in [4.78, 5) is 22.1. The van der Waals surface area contributed by atoms with E-state index in [9.17, 15) is 18.0 Å². The number of hydrogen-bond acceptors (Lipinski definition) is 4. The van der Waals surface area contributed by atoms with Crippen LogP contribution in [0.15, 0.2) is 24.3 Å². The number of hydrogen-bond donors (Lipinski definition) is 3. The van der Waals surface area contributed by atoms with Crippen LogP contribution in [-0.4, -0.2) is 20.2 Å². The summed E-state index contributed by atoms with van der Waals surface area (Å²) in [5.41, 5.74) is 5.05. The van der Waals surface area contributed by atoms with Crippen LogP contribution < -0.4 is 15.2 Å². The number of carbonyl (C=O) groups excluding carboxylic acids is 2. The second kappa shape index (κ2) is 5.50. The molecule has 0 aromatic heterocycles. The number of benzene rings is 1. The van der Waals surface area contributed by atoms with E-state index in [1.807, 2.05) is 0 Å². The van der Waals surface area contributed by atoms with E-state index in [0.717, 1.165) is 0 Å². The second-order valence-electron chi connectivity index (χ2n) is 3.39. The molecule has 0 aliphatic heterocycles. The smallest absolute Gasteiger partial charge is 0.327 e. The molecule has 0 fully saturated rings. The Morgan fingerprint density at radius 3 is 2.44 bits per heavy atom. The number of primary amides is 1. The Labute approximate surface area is 105 Å². The van der Waals surface area contributed by atoms with E-state index < -0.39 is 16.2 Å². The minimum absolute atomic E-state index is 0.0955. The summed E-state index contributed by atoms with van der Waals surface area (Å²) < 4.78 is 26.5. The third-order valence-electron chi connectivity index (χ3n) is 2.03. The average molecular weight is 271 g/mol. The number of urea groups is 1. The molecular weight excluding hydrogens is 258 g/mol. The molecule has 8 heteroatoms. The van der Waals surface area contributed by atoms with E-state index in [-0.39, 0.29) is 23.5 Å². The van der Waals surface area contributed by atoms with Gasteiger partial charge >= 0.3 is 16.2 Å². The Balaban J connectivity index is 3.05. The summed E-state index contributed by atoms with van der Waals surface area (Å²) >= 11 is 0. The summed E-state index contributed by atoms with van der Waals surface area (Å²) in [5.74, 6) is -0.215. The van der Waals surface area contributed by atoms with Gasteiger partial charge in [0, 0.05) is 12.0 Å². The highest BCUT2D eigenvalue weighted by atomic mass is 32.2. The number of amides is 2. The molecule has 0 saturated heterocycles. The molecule has 0 aliphatic carbocycles. The van der Waals surface area contributed by atoms with E-state index in [4.69, 9.17) is 5.73 Å². The first-order valence-corrected chi connectivity index (χ1v) is 6.56. The van der Waals surface area contributed by atoms with Crippen molar-refractivity contribution in [3.8, 4) is 0 Å². The van der Waals surface area contributed by atoms with Gasteiger partial charge in [-0.2, -0.15) is 8.42 Å². The summed E-state index contributed by atoms with van der Waals surface area (Å²) in [6.07, 6.45) is 0.238.